The van der Waals surface area contributed by atoms with Gasteiger partial charge in [0, 0.05) is 17.2 Å². The van der Waals surface area contributed by atoms with Crippen LogP contribution in [0.25, 0.3) is 0 Å². The second kappa shape index (κ2) is 8.24. The number of anilines is 1. The lowest BCUT2D eigenvalue weighted by atomic mass is 10.1. The number of esters is 1. The van der Waals surface area contributed by atoms with Crippen LogP contribution < -0.4 is 4.90 Å². The molecule has 2 amide bonds. The molecule has 1 heterocycles. The highest BCUT2D eigenvalue weighted by atomic mass is 35.5. The Labute approximate surface area is 187 Å². The van der Waals surface area contributed by atoms with Crippen LogP contribution in [0.2, 0.25) is 5.02 Å². The van der Waals surface area contributed by atoms with Gasteiger partial charge >= 0.3 is 5.97 Å². The Balaban J connectivity index is 1.54. The fourth-order valence-corrected chi connectivity index (χ4v) is 3.49. The molecule has 0 bridgehead atoms. The quantitative estimate of drug-likeness (QED) is 0.241. The van der Waals surface area contributed by atoms with E-state index in [2.05, 4.69) is 0 Å². The number of carbonyl (C=O) groups excluding carboxylic acids is 3. The van der Waals surface area contributed by atoms with E-state index < -0.39 is 22.7 Å². The lowest BCUT2D eigenvalue weighted by Crippen LogP contribution is -2.29. The zero-order valence-electron chi connectivity index (χ0n) is 16.7. The van der Waals surface area contributed by atoms with Crippen LogP contribution in [0.1, 0.15) is 42.2 Å². The maximum atomic E-state index is 12.9. The van der Waals surface area contributed by atoms with E-state index >= 15 is 0 Å². The van der Waals surface area contributed by atoms with E-state index in [1.54, 1.807) is 25.1 Å². The van der Waals surface area contributed by atoms with Gasteiger partial charge in [-0.25, -0.2) is 9.69 Å². The van der Waals surface area contributed by atoms with Gasteiger partial charge < -0.3 is 4.74 Å². The number of carbonyl (C=O) groups is 3. The Bertz CT molecular complexity index is 1300. The number of hydrogen-bond acceptors (Lipinski definition) is 6. The van der Waals surface area contributed by atoms with Crippen molar-refractivity contribution in [1.82, 2.24) is 0 Å². The second-order valence-electron chi connectivity index (χ2n) is 7.14. The van der Waals surface area contributed by atoms with Crippen molar-refractivity contribution in [2.75, 3.05) is 4.90 Å². The molecule has 3 aromatic carbocycles. The molecule has 9 heteroatoms. The molecular weight excluding hydrogens is 436 g/mol. The van der Waals surface area contributed by atoms with Crippen molar-refractivity contribution in [2.24, 2.45) is 0 Å². The third-order valence-corrected chi connectivity index (χ3v) is 5.43. The smallest absolute Gasteiger partial charge is 0.338 e. The van der Waals surface area contributed by atoms with Crippen LogP contribution in [0.5, 0.6) is 0 Å². The molecule has 0 unspecified atom stereocenters. The van der Waals surface area contributed by atoms with Gasteiger partial charge in [0.25, 0.3) is 17.5 Å². The molecule has 0 spiro atoms. The van der Waals surface area contributed by atoms with Gasteiger partial charge in [-0.1, -0.05) is 29.8 Å². The minimum atomic E-state index is -0.726. The molecule has 4 rings (SSSR count). The van der Waals surface area contributed by atoms with E-state index in [0.29, 0.717) is 16.3 Å². The topological polar surface area (TPSA) is 107 Å². The van der Waals surface area contributed by atoms with Gasteiger partial charge in [0.05, 0.1) is 27.3 Å². The van der Waals surface area contributed by atoms with Crippen molar-refractivity contribution >= 4 is 40.8 Å². The first-order chi connectivity index (χ1) is 15.3. The van der Waals surface area contributed by atoms with E-state index in [9.17, 15) is 24.5 Å². The van der Waals surface area contributed by atoms with E-state index in [1.165, 1.54) is 42.5 Å². The summed E-state index contributed by atoms with van der Waals surface area (Å²) in [7, 11) is 0. The largest absolute Gasteiger partial charge is 0.457 e. The van der Waals surface area contributed by atoms with Crippen LogP contribution in [0.3, 0.4) is 0 Å². The molecule has 8 nitrogen and oxygen atoms in total. The normalized spacial score (nSPS) is 12.6. The Hall–Kier alpha value is -4.04. The summed E-state index contributed by atoms with van der Waals surface area (Å²) in [6.45, 7) is 1.62. The summed E-state index contributed by atoms with van der Waals surface area (Å²) in [6.07, 6.45) is 0. The van der Waals surface area contributed by atoms with Gasteiger partial charge in [0.2, 0.25) is 0 Å². The van der Waals surface area contributed by atoms with Crippen molar-refractivity contribution < 1.29 is 24.0 Å². The van der Waals surface area contributed by atoms with Gasteiger partial charge in [-0.3, -0.25) is 19.7 Å². The maximum absolute atomic E-state index is 12.9. The van der Waals surface area contributed by atoms with E-state index in [1.807, 2.05) is 0 Å². The molecule has 0 aromatic heterocycles. The number of hydrogen-bond donors (Lipinski definition) is 0. The number of fused-ring (bicyclic) bond motifs is 1. The Morgan fingerprint density at radius 3 is 2.50 bits per heavy atom. The van der Waals surface area contributed by atoms with Gasteiger partial charge in [0.15, 0.2) is 0 Å². The molecule has 0 saturated carbocycles. The van der Waals surface area contributed by atoms with Crippen LogP contribution in [-0.2, 0) is 11.3 Å². The van der Waals surface area contributed by atoms with E-state index in [4.69, 9.17) is 16.3 Å². The molecule has 160 valence electrons. The molecule has 1 aliphatic rings. The first-order valence-corrected chi connectivity index (χ1v) is 9.83. The molecule has 32 heavy (non-hydrogen) atoms. The molecule has 1 aliphatic heterocycles. The highest BCUT2D eigenvalue weighted by Crippen LogP contribution is 2.31. The number of non-ortho nitro benzene ring substituents is 1. The van der Waals surface area contributed by atoms with Gasteiger partial charge in [-0.2, -0.15) is 0 Å². The number of nitro groups is 1. The molecule has 0 aliphatic carbocycles. The summed E-state index contributed by atoms with van der Waals surface area (Å²) in [5, 5.41) is 11.3. The summed E-state index contributed by atoms with van der Waals surface area (Å²) in [5.74, 6) is -1.81. The van der Waals surface area contributed by atoms with Crippen LogP contribution >= 0.6 is 11.6 Å². The summed E-state index contributed by atoms with van der Waals surface area (Å²) in [4.78, 5) is 49.5. The SMILES string of the molecule is Cc1ccc(N2C(=O)c3ccc(C(=O)OCc4cccc([N+](=O)[O-])c4)cc3C2=O)cc1Cl. The predicted octanol–water partition coefficient (Wildman–Crippen LogP) is 4.71. The highest BCUT2D eigenvalue weighted by Gasteiger charge is 2.37. The lowest BCUT2D eigenvalue weighted by molar-refractivity contribution is -0.384. The van der Waals surface area contributed by atoms with Crippen LogP contribution in [0.15, 0.2) is 60.7 Å². The zero-order chi connectivity index (χ0) is 23.0. The van der Waals surface area contributed by atoms with Gasteiger partial charge in [-0.15, -0.1) is 0 Å². The molecule has 0 fully saturated rings. The Kier molecular flexibility index (Phi) is 5.46. The highest BCUT2D eigenvalue weighted by molar-refractivity contribution is 6.36. The average Bonchev–Trinajstić information content (AvgIpc) is 3.03. The number of halogens is 1. The number of ether oxygens (including phenoxy) is 1. The Morgan fingerprint density at radius 1 is 1.03 bits per heavy atom. The lowest BCUT2D eigenvalue weighted by Gasteiger charge is -2.14. The number of imide groups is 1. The Morgan fingerprint density at radius 2 is 1.78 bits per heavy atom. The van der Waals surface area contributed by atoms with Crippen molar-refractivity contribution in [2.45, 2.75) is 13.5 Å². The first-order valence-electron chi connectivity index (χ1n) is 9.45. The average molecular weight is 451 g/mol. The molecule has 0 N–H and O–H groups in total. The van der Waals surface area contributed by atoms with E-state index in [0.717, 1.165) is 10.5 Å². The van der Waals surface area contributed by atoms with Crippen molar-refractivity contribution in [3.8, 4) is 0 Å². The fourth-order valence-electron chi connectivity index (χ4n) is 3.32. The fraction of sp³-hybridized carbons (Fsp3) is 0.0870. The minimum Gasteiger partial charge on any atom is -0.457 e. The number of nitro benzene ring substituents is 1. The monoisotopic (exact) mass is 450 g/mol. The van der Waals surface area contributed by atoms with Gasteiger partial charge in [0.1, 0.15) is 6.61 Å². The summed E-state index contributed by atoms with van der Waals surface area (Å²) >= 11 is 6.13. The number of rotatable bonds is 5. The van der Waals surface area contributed by atoms with Crippen LogP contribution in [-0.4, -0.2) is 22.7 Å². The molecular formula is C23H15ClN2O6. The maximum Gasteiger partial charge on any atom is 0.338 e. The molecule has 0 atom stereocenters. The zero-order valence-corrected chi connectivity index (χ0v) is 17.5. The van der Waals surface area contributed by atoms with Crippen LogP contribution in [0.4, 0.5) is 11.4 Å². The molecule has 0 radical (unpaired) electrons. The number of amides is 2. The third-order valence-electron chi connectivity index (χ3n) is 5.03. The second-order valence-corrected chi connectivity index (χ2v) is 7.55. The third kappa shape index (κ3) is 3.83. The van der Waals surface area contributed by atoms with Crippen molar-refractivity contribution in [1.29, 1.82) is 0 Å². The number of aryl methyl sites for hydroxylation is 1. The first kappa shape index (κ1) is 21.2. The van der Waals surface area contributed by atoms with Crippen molar-refractivity contribution in [3.05, 3.63) is 104 Å². The predicted molar refractivity (Wildman–Crippen MR) is 116 cm³/mol. The van der Waals surface area contributed by atoms with Gasteiger partial charge in [-0.05, 0) is 48.4 Å². The summed E-state index contributed by atoms with van der Waals surface area (Å²) in [6, 6.07) is 14.7. The molecule has 0 saturated heterocycles. The minimum absolute atomic E-state index is 0.0801. The van der Waals surface area contributed by atoms with E-state index in [-0.39, 0.29) is 29.0 Å². The molecule has 3 aromatic rings. The van der Waals surface area contributed by atoms with Crippen LogP contribution in [0, 0.1) is 17.0 Å². The summed E-state index contributed by atoms with van der Waals surface area (Å²) in [5.41, 5.74) is 1.80. The standard InChI is InChI=1S/C23H15ClN2O6/c1-13-5-7-16(11-20(13)24)25-21(27)18-8-6-15(10-19(18)22(25)28)23(29)32-12-14-3-2-4-17(9-14)26(30)31/h2-11H,12H2,1H3. The van der Waals surface area contributed by atoms with Crippen molar-refractivity contribution in [3.63, 3.8) is 0 Å². The summed E-state index contributed by atoms with van der Waals surface area (Å²) < 4.78 is 5.22. The number of benzene rings is 3. The number of nitrogens with zero attached hydrogens (tertiary/aromatic N) is 2.